The van der Waals surface area contributed by atoms with Gasteiger partial charge in [-0.1, -0.05) is 12.1 Å². The van der Waals surface area contributed by atoms with Crippen LogP contribution in [-0.2, 0) is 11.2 Å². The van der Waals surface area contributed by atoms with Crippen LogP contribution in [0, 0.1) is 6.92 Å². The minimum absolute atomic E-state index is 0.0320. The molecule has 0 aliphatic heterocycles. The van der Waals surface area contributed by atoms with E-state index in [0.29, 0.717) is 13.0 Å². The molecule has 0 spiro atoms. The van der Waals surface area contributed by atoms with Crippen LogP contribution in [0.2, 0.25) is 0 Å². The Morgan fingerprint density at radius 2 is 1.72 bits per heavy atom. The van der Waals surface area contributed by atoms with Gasteiger partial charge in [-0.05, 0) is 55.3 Å². The Morgan fingerprint density at radius 1 is 1.04 bits per heavy atom. The zero-order valence-corrected chi connectivity index (χ0v) is 15.2. The predicted molar refractivity (Wildman–Crippen MR) is 97.5 cm³/mol. The van der Waals surface area contributed by atoms with E-state index < -0.39 is 0 Å². The summed E-state index contributed by atoms with van der Waals surface area (Å²) in [5.74, 6) is 2.32. The van der Waals surface area contributed by atoms with Crippen molar-refractivity contribution in [3.8, 4) is 17.2 Å². The van der Waals surface area contributed by atoms with Crippen molar-refractivity contribution in [3.63, 3.8) is 0 Å². The van der Waals surface area contributed by atoms with E-state index in [4.69, 9.17) is 14.2 Å². The van der Waals surface area contributed by atoms with Crippen LogP contribution in [0.1, 0.15) is 18.1 Å². The van der Waals surface area contributed by atoms with Crippen molar-refractivity contribution < 1.29 is 19.0 Å². The summed E-state index contributed by atoms with van der Waals surface area (Å²) in [5.41, 5.74) is 1.97. The second kappa shape index (κ2) is 8.97. The number of aryl methyl sites for hydroxylation is 1. The Bertz CT molecular complexity index is 697. The van der Waals surface area contributed by atoms with Crippen molar-refractivity contribution in [2.45, 2.75) is 26.3 Å². The Balaban J connectivity index is 1.80. The molecule has 5 heteroatoms. The van der Waals surface area contributed by atoms with Gasteiger partial charge in [-0.2, -0.15) is 0 Å². The van der Waals surface area contributed by atoms with Crippen LogP contribution in [0.5, 0.6) is 17.2 Å². The number of hydrogen-bond acceptors (Lipinski definition) is 4. The summed E-state index contributed by atoms with van der Waals surface area (Å²) >= 11 is 0. The lowest BCUT2D eigenvalue weighted by molar-refractivity contribution is -0.121. The zero-order valence-electron chi connectivity index (χ0n) is 15.2. The van der Waals surface area contributed by atoms with E-state index in [2.05, 4.69) is 5.32 Å². The molecular weight excluding hydrogens is 318 g/mol. The number of ether oxygens (including phenoxy) is 3. The van der Waals surface area contributed by atoms with Crippen LogP contribution in [-0.4, -0.2) is 32.8 Å². The second-order valence-corrected chi connectivity index (χ2v) is 5.94. The summed E-state index contributed by atoms with van der Waals surface area (Å²) in [6, 6.07) is 13.0. The lowest BCUT2D eigenvalue weighted by Crippen LogP contribution is -2.37. The summed E-state index contributed by atoms with van der Waals surface area (Å²) in [7, 11) is 3.26. The molecule has 2 aromatic rings. The fourth-order valence-corrected chi connectivity index (χ4v) is 2.50. The molecule has 5 nitrogen and oxygen atoms in total. The Kier molecular flexibility index (Phi) is 6.69. The number of rotatable bonds is 8. The first-order valence-corrected chi connectivity index (χ1v) is 8.21. The van der Waals surface area contributed by atoms with E-state index in [-0.39, 0.29) is 11.9 Å². The maximum Gasteiger partial charge on any atom is 0.224 e. The minimum Gasteiger partial charge on any atom is -0.497 e. The van der Waals surface area contributed by atoms with Gasteiger partial charge in [0.05, 0.1) is 26.7 Å². The van der Waals surface area contributed by atoms with Crippen LogP contribution < -0.4 is 19.5 Å². The molecule has 0 bridgehead atoms. The van der Waals surface area contributed by atoms with Gasteiger partial charge in [-0.3, -0.25) is 4.79 Å². The van der Waals surface area contributed by atoms with E-state index in [1.54, 1.807) is 14.2 Å². The van der Waals surface area contributed by atoms with Gasteiger partial charge in [0.15, 0.2) is 0 Å². The number of carbonyl (C=O) groups is 1. The van der Waals surface area contributed by atoms with Crippen LogP contribution >= 0.6 is 0 Å². The second-order valence-electron chi connectivity index (χ2n) is 5.94. The summed E-state index contributed by atoms with van der Waals surface area (Å²) in [6.07, 6.45) is 0.331. The van der Waals surface area contributed by atoms with Crippen LogP contribution in [0.15, 0.2) is 42.5 Å². The highest BCUT2D eigenvalue weighted by molar-refractivity contribution is 5.79. The summed E-state index contributed by atoms with van der Waals surface area (Å²) < 4.78 is 16.0. The van der Waals surface area contributed by atoms with E-state index in [1.807, 2.05) is 56.3 Å². The standard InChI is InChI=1S/C20H25NO4/c1-14-11-16(5-10-19(14)24-4)12-20(22)21-15(2)13-25-18-8-6-17(23-3)7-9-18/h5-11,15H,12-13H2,1-4H3,(H,21,22)/t15-/m1/s1. The molecule has 2 rings (SSSR count). The molecule has 0 radical (unpaired) electrons. The highest BCUT2D eigenvalue weighted by Crippen LogP contribution is 2.19. The maximum absolute atomic E-state index is 12.2. The number of benzene rings is 2. The van der Waals surface area contributed by atoms with Crippen molar-refractivity contribution in [2.75, 3.05) is 20.8 Å². The molecule has 0 aromatic heterocycles. The molecule has 0 aliphatic carbocycles. The molecule has 0 aliphatic rings. The molecule has 0 fully saturated rings. The fraction of sp³-hybridized carbons (Fsp3) is 0.350. The molecule has 0 saturated heterocycles. The van der Waals surface area contributed by atoms with Gasteiger partial charge >= 0.3 is 0 Å². The summed E-state index contributed by atoms with van der Waals surface area (Å²) in [6.45, 7) is 4.28. The van der Waals surface area contributed by atoms with Crippen LogP contribution in [0.25, 0.3) is 0 Å². The topological polar surface area (TPSA) is 56.8 Å². The van der Waals surface area contributed by atoms with E-state index in [9.17, 15) is 4.79 Å². The molecule has 2 aromatic carbocycles. The molecule has 1 N–H and O–H groups in total. The molecule has 0 unspecified atom stereocenters. The number of methoxy groups -OCH3 is 2. The monoisotopic (exact) mass is 343 g/mol. The van der Waals surface area contributed by atoms with E-state index >= 15 is 0 Å². The SMILES string of the molecule is COc1ccc(OC[C@@H](C)NC(=O)Cc2ccc(OC)c(C)c2)cc1. The molecule has 25 heavy (non-hydrogen) atoms. The van der Waals surface area contributed by atoms with Crippen molar-refractivity contribution in [1.29, 1.82) is 0 Å². The first-order chi connectivity index (χ1) is 12.0. The number of amides is 1. The highest BCUT2D eigenvalue weighted by atomic mass is 16.5. The first-order valence-electron chi connectivity index (χ1n) is 8.21. The predicted octanol–water partition coefficient (Wildman–Crippen LogP) is 3.14. The van der Waals surface area contributed by atoms with Crippen LogP contribution in [0.4, 0.5) is 0 Å². The number of carbonyl (C=O) groups excluding carboxylic acids is 1. The largest absolute Gasteiger partial charge is 0.497 e. The first kappa shape index (κ1) is 18.6. The summed E-state index contributed by atoms with van der Waals surface area (Å²) in [5, 5.41) is 2.95. The maximum atomic E-state index is 12.2. The fourth-order valence-electron chi connectivity index (χ4n) is 2.50. The Hall–Kier alpha value is -2.69. The van der Waals surface area contributed by atoms with Gasteiger partial charge in [-0.15, -0.1) is 0 Å². The highest BCUT2D eigenvalue weighted by Gasteiger charge is 2.10. The normalized spacial score (nSPS) is 11.5. The van der Waals surface area contributed by atoms with Gasteiger partial charge in [0.1, 0.15) is 23.9 Å². The Labute approximate surface area is 148 Å². The third kappa shape index (κ3) is 5.71. The van der Waals surface area contributed by atoms with Gasteiger partial charge in [0.2, 0.25) is 5.91 Å². The average Bonchev–Trinajstić information content (AvgIpc) is 2.60. The number of nitrogens with one attached hydrogen (secondary N) is 1. The average molecular weight is 343 g/mol. The molecule has 1 atom stereocenters. The summed E-state index contributed by atoms with van der Waals surface area (Å²) in [4.78, 5) is 12.2. The van der Waals surface area contributed by atoms with Gasteiger partial charge in [0, 0.05) is 0 Å². The lowest BCUT2D eigenvalue weighted by atomic mass is 10.1. The van der Waals surface area contributed by atoms with Crippen molar-refractivity contribution in [2.24, 2.45) is 0 Å². The third-order valence-electron chi connectivity index (χ3n) is 3.79. The quantitative estimate of drug-likeness (QED) is 0.800. The third-order valence-corrected chi connectivity index (χ3v) is 3.79. The van der Waals surface area contributed by atoms with Gasteiger partial charge in [-0.25, -0.2) is 0 Å². The van der Waals surface area contributed by atoms with Gasteiger partial charge in [0.25, 0.3) is 0 Å². The van der Waals surface area contributed by atoms with Crippen molar-refractivity contribution in [1.82, 2.24) is 5.32 Å². The Morgan fingerprint density at radius 3 is 2.32 bits per heavy atom. The zero-order chi connectivity index (χ0) is 18.2. The molecular formula is C20H25NO4. The molecule has 134 valence electrons. The minimum atomic E-state index is -0.0889. The molecule has 0 heterocycles. The smallest absolute Gasteiger partial charge is 0.224 e. The van der Waals surface area contributed by atoms with Crippen molar-refractivity contribution in [3.05, 3.63) is 53.6 Å². The van der Waals surface area contributed by atoms with Crippen LogP contribution in [0.3, 0.4) is 0 Å². The van der Waals surface area contributed by atoms with E-state index in [0.717, 1.165) is 28.4 Å². The number of hydrogen-bond donors (Lipinski definition) is 1. The van der Waals surface area contributed by atoms with Crippen molar-refractivity contribution >= 4 is 5.91 Å². The van der Waals surface area contributed by atoms with E-state index in [1.165, 1.54) is 0 Å². The lowest BCUT2D eigenvalue weighted by Gasteiger charge is -2.15. The van der Waals surface area contributed by atoms with Gasteiger partial charge < -0.3 is 19.5 Å². The molecule has 1 amide bonds. The molecule has 0 saturated carbocycles.